The Balaban J connectivity index is 2.40. The minimum Gasteiger partial charge on any atom is -0.455 e. The van der Waals surface area contributed by atoms with Crippen LogP contribution in [-0.4, -0.2) is 0 Å². The smallest absolute Gasteiger partial charge is 0.145 e. The van der Waals surface area contributed by atoms with Crippen molar-refractivity contribution in [1.29, 1.82) is 5.26 Å². The largest absolute Gasteiger partial charge is 0.455 e. The molecular formula is C13H6Br2FNO. The van der Waals surface area contributed by atoms with Crippen LogP contribution < -0.4 is 4.74 Å². The Kier molecular flexibility index (Phi) is 4.00. The van der Waals surface area contributed by atoms with Crippen LogP contribution in [0.1, 0.15) is 5.56 Å². The fourth-order valence-electron chi connectivity index (χ4n) is 1.35. The average molecular weight is 371 g/mol. The molecule has 0 N–H and O–H groups in total. The maximum Gasteiger partial charge on any atom is 0.145 e. The molecule has 0 spiro atoms. The van der Waals surface area contributed by atoms with Gasteiger partial charge in [-0.05, 0) is 46.3 Å². The molecule has 2 nitrogen and oxygen atoms in total. The summed E-state index contributed by atoms with van der Waals surface area (Å²) in [6, 6.07) is 11.2. The second kappa shape index (κ2) is 5.51. The molecule has 0 fully saturated rings. The number of hydrogen-bond acceptors (Lipinski definition) is 2. The van der Waals surface area contributed by atoms with Gasteiger partial charge in [0.25, 0.3) is 0 Å². The van der Waals surface area contributed by atoms with E-state index in [9.17, 15) is 4.39 Å². The van der Waals surface area contributed by atoms with Crippen molar-refractivity contribution in [2.24, 2.45) is 0 Å². The number of hydrogen-bond donors (Lipinski definition) is 0. The van der Waals surface area contributed by atoms with Crippen molar-refractivity contribution in [2.45, 2.75) is 0 Å². The highest BCUT2D eigenvalue weighted by Gasteiger charge is 2.08. The summed E-state index contributed by atoms with van der Waals surface area (Å²) in [6.45, 7) is 0. The first-order valence-electron chi connectivity index (χ1n) is 4.92. The molecule has 0 aromatic heterocycles. The Morgan fingerprint density at radius 3 is 2.56 bits per heavy atom. The maximum atomic E-state index is 13.1. The van der Waals surface area contributed by atoms with Gasteiger partial charge in [-0.25, -0.2) is 4.39 Å². The molecule has 0 radical (unpaired) electrons. The first kappa shape index (κ1) is 13.1. The third kappa shape index (κ3) is 2.89. The molecule has 0 saturated carbocycles. The second-order valence-corrected chi connectivity index (χ2v) is 5.20. The molecule has 0 heterocycles. The summed E-state index contributed by atoms with van der Waals surface area (Å²) >= 11 is 6.54. The predicted molar refractivity (Wildman–Crippen MR) is 73.0 cm³/mol. The van der Waals surface area contributed by atoms with Crippen LogP contribution in [-0.2, 0) is 0 Å². The Bertz CT molecular complexity index is 637. The van der Waals surface area contributed by atoms with Crippen molar-refractivity contribution < 1.29 is 9.13 Å². The van der Waals surface area contributed by atoms with Crippen LogP contribution in [0.15, 0.2) is 45.3 Å². The van der Waals surface area contributed by atoms with Crippen LogP contribution in [0.3, 0.4) is 0 Å². The van der Waals surface area contributed by atoms with Crippen molar-refractivity contribution in [3.8, 4) is 17.6 Å². The first-order valence-corrected chi connectivity index (χ1v) is 6.51. The highest BCUT2D eigenvalue weighted by Crippen LogP contribution is 2.32. The molecule has 0 unspecified atom stereocenters. The third-order valence-corrected chi connectivity index (χ3v) is 3.32. The predicted octanol–water partition coefficient (Wildman–Crippen LogP) is 5.01. The van der Waals surface area contributed by atoms with Gasteiger partial charge in [0.15, 0.2) is 0 Å². The van der Waals surface area contributed by atoms with Gasteiger partial charge in [0.2, 0.25) is 0 Å². The van der Waals surface area contributed by atoms with Crippen LogP contribution in [0.5, 0.6) is 11.5 Å². The van der Waals surface area contributed by atoms with Crippen LogP contribution in [0.2, 0.25) is 0 Å². The fourth-order valence-corrected chi connectivity index (χ4v) is 2.04. The van der Waals surface area contributed by atoms with Crippen molar-refractivity contribution in [2.75, 3.05) is 0 Å². The molecule has 0 atom stereocenters. The molecule has 0 saturated heterocycles. The molecule has 0 aliphatic heterocycles. The van der Waals surface area contributed by atoms with E-state index < -0.39 is 5.82 Å². The lowest BCUT2D eigenvalue weighted by atomic mass is 10.2. The monoisotopic (exact) mass is 369 g/mol. The quantitative estimate of drug-likeness (QED) is 0.743. The first-order chi connectivity index (χ1) is 8.60. The number of halogens is 3. The van der Waals surface area contributed by atoms with E-state index in [1.807, 2.05) is 6.07 Å². The molecule has 2 aromatic rings. The molecular weight excluding hydrogens is 365 g/mol. The van der Waals surface area contributed by atoms with Crippen molar-refractivity contribution in [1.82, 2.24) is 0 Å². The topological polar surface area (TPSA) is 33.0 Å². The zero-order valence-corrected chi connectivity index (χ0v) is 12.1. The van der Waals surface area contributed by atoms with Gasteiger partial charge >= 0.3 is 0 Å². The van der Waals surface area contributed by atoms with Gasteiger partial charge in [0, 0.05) is 10.5 Å². The van der Waals surface area contributed by atoms with Crippen LogP contribution >= 0.6 is 31.9 Å². The summed E-state index contributed by atoms with van der Waals surface area (Å²) in [5, 5.41) is 9.01. The van der Waals surface area contributed by atoms with Crippen LogP contribution in [0, 0.1) is 17.1 Å². The average Bonchev–Trinajstić information content (AvgIpc) is 2.36. The second-order valence-electron chi connectivity index (χ2n) is 3.43. The normalized spacial score (nSPS) is 9.89. The number of rotatable bonds is 2. The van der Waals surface area contributed by atoms with E-state index in [4.69, 9.17) is 10.00 Å². The molecule has 90 valence electrons. The molecule has 0 aliphatic carbocycles. The molecule has 0 aliphatic rings. The summed E-state index contributed by atoms with van der Waals surface area (Å²) in [6.07, 6.45) is 0. The number of nitrogens with zero attached hydrogens (tertiary/aromatic N) is 1. The van der Waals surface area contributed by atoms with Crippen molar-refractivity contribution in [3.05, 3.63) is 56.7 Å². The minimum atomic E-state index is -0.399. The van der Waals surface area contributed by atoms with Gasteiger partial charge in [0.05, 0.1) is 10.0 Å². The van der Waals surface area contributed by atoms with Crippen LogP contribution in [0.25, 0.3) is 0 Å². The lowest BCUT2D eigenvalue weighted by molar-refractivity contribution is 0.472. The number of ether oxygens (including phenoxy) is 1. The fraction of sp³-hybridized carbons (Fsp3) is 0. The maximum absolute atomic E-state index is 13.1. The van der Waals surface area contributed by atoms with E-state index in [0.717, 1.165) is 4.47 Å². The van der Waals surface area contributed by atoms with E-state index in [0.29, 0.717) is 21.5 Å². The Morgan fingerprint density at radius 2 is 1.83 bits per heavy atom. The summed E-state index contributed by atoms with van der Waals surface area (Å²) in [5.74, 6) is 0.310. The Hall–Kier alpha value is -1.38. The molecule has 0 amide bonds. The van der Waals surface area contributed by atoms with Crippen molar-refractivity contribution in [3.63, 3.8) is 0 Å². The van der Waals surface area contributed by atoms with E-state index in [2.05, 4.69) is 31.9 Å². The highest BCUT2D eigenvalue weighted by atomic mass is 79.9. The summed E-state index contributed by atoms with van der Waals surface area (Å²) in [5.41, 5.74) is 0.375. The SMILES string of the molecule is N#Cc1cc(Br)ccc1Oc1cc(F)ccc1Br. The number of nitriles is 1. The van der Waals surface area contributed by atoms with E-state index in [1.54, 1.807) is 24.3 Å². The van der Waals surface area contributed by atoms with Gasteiger partial charge in [0.1, 0.15) is 23.4 Å². The van der Waals surface area contributed by atoms with Gasteiger partial charge in [-0.1, -0.05) is 15.9 Å². The number of benzene rings is 2. The summed E-state index contributed by atoms with van der Waals surface area (Å²) in [7, 11) is 0. The molecule has 0 bridgehead atoms. The molecule has 18 heavy (non-hydrogen) atoms. The van der Waals surface area contributed by atoms with Gasteiger partial charge in [-0.15, -0.1) is 0 Å². The molecule has 2 rings (SSSR count). The minimum absolute atomic E-state index is 0.328. The third-order valence-electron chi connectivity index (χ3n) is 2.18. The summed E-state index contributed by atoms with van der Waals surface area (Å²) in [4.78, 5) is 0. The van der Waals surface area contributed by atoms with E-state index >= 15 is 0 Å². The lowest BCUT2D eigenvalue weighted by Crippen LogP contribution is -1.90. The lowest BCUT2D eigenvalue weighted by Gasteiger charge is -2.09. The summed E-state index contributed by atoms with van der Waals surface area (Å²) < 4.78 is 20.1. The zero-order chi connectivity index (χ0) is 13.1. The van der Waals surface area contributed by atoms with Crippen molar-refractivity contribution >= 4 is 31.9 Å². The van der Waals surface area contributed by atoms with Gasteiger partial charge < -0.3 is 4.74 Å². The zero-order valence-electron chi connectivity index (χ0n) is 8.95. The molecule has 5 heteroatoms. The highest BCUT2D eigenvalue weighted by molar-refractivity contribution is 9.10. The van der Waals surface area contributed by atoms with Gasteiger partial charge in [-0.3, -0.25) is 0 Å². The standard InChI is InChI=1S/C13H6Br2FNO/c14-9-1-4-12(8(5-9)7-17)18-13-6-10(16)2-3-11(13)15/h1-6H. The van der Waals surface area contributed by atoms with E-state index in [1.165, 1.54) is 12.1 Å². The van der Waals surface area contributed by atoms with E-state index in [-0.39, 0.29) is 0 Å². The Labute approximate surface area is 120 Å². The molecule has 2 aromatic carbocycles. The van der Waals surface area contributed by atoms with Gasteiger partial charge in [-0.2, -0.15) is 5.26 Å². The Morgan fingerprint density at radius 1 is 1.06 bits per heavy atom. The van der Waals surface area contributed by atoms with Crippen LogP contribution in [0.4, 0.5) is 4.39 Å².